The number of nitrogens with one attached hydrogen (secondary N) is 1. The largest absolute Gasteiger partial charge is 0.481 e. The number of hydrazone groups is 1. The van der Waals surface area contributed by atoms with Crippen LogP contribution in [-0.2, 0) is 9.59 Å². The normalized spacial score (nSPS) is 10.7. The maximum absolute atomic E-state index is 11.8. The highest BCUT2D eigenvalue weighted by Gasteiger charge is 2.05. The standard InChI is InChI=1S/C17H14ClIN2O4S/c18-12-2-4-13(5-3-12)26-10-16(22)21-20-8-11-1-6-15(14(19)7-11)25-9-17(23)24/h1-8H,9-10H2,(H,21,22)(H,23,24)/b20-8-. The topological polar surface area (TPSA) is 88.0 Å². The molecule has 0 heterocycles. The number of aliphatic carboxylic acids is 1. The highest BCUT2D eigenvalue weighted by Crippen LogP contribution is 2.22. The highest BCUT2D eigenvalue weighted by atomic mass is 127. The molecule has 0 spiro atoms. The molecule has 2 aromatic carbocycles. The van der Waals surface area contributed by atoms with E-state index in [2.05, 4.69) is 10.5 Å². The van der Waals surface area contributed by atoms with Crippen LogP contribution in [0, 0.1) is 3.57 Å². The van der Waals surface area contributed by atoms with Gasteiger partial charge in [0.05, 0.1) is 15.5 Å². The van der Waals surface area contributed by atoms with Crippen molar-refractivity contribution in [3.05, 3.63) is 56.6 Å². The van der Waals surface area contributed by atoms with Crippen molar-refractivity contribution in [2.45, 2.75) is 4.90 Å². The van der Waals surface area contributed by atoms with E-state index in [1.165, 1.54) is 18.0 Å². The molecule has 0 saturated heterocycles. The van der Waals surface area contributed by atoms with Crippen molar-refractivity contribution in [2.75, 3.05) is 12.4 Å². The van der Waals surface area contributed by atoms with E-state index in [0.29, 0.717) is 10.8 Å². The Morgan fingerprint density at radius 3 is 2.65 bits per heavy atom. The molecule has 0 atom stereocenters. The first-order valence-corrected chi connectivity index (χ1v) is 9.72. The highest BCUT2D eigenvalue weighted by molar-refractivity contribution is 14.1. The lowest BCUT2D eigenvalue weighted by atomic mass is 10.2. The smallest absolute Gasteiger partial charge is 0.341 e. The van der Waals surface area contributed by atoms with Crippen LogP contribution >= 0.6 is 46.0 Å². The lowest BCUT2D eigenvalue weighted by Crippen LogP contribution is -2.19. The number of carboxylic acid groups (broad SMARTS) is 1. The Morgan fingerprint density at radius 1 is 1.27 bits per heavy atom. The van der Waals surface area contributed by atoms with Crippen LogP contribution in [0.5, 0.6) is 5.75 Å². The molecule has 0 saturated carbocycles. The average molecular weight is 505 g/mol. The van der Waals surface area contributed by atoms with Gasteiger partial charge < -0.3 is 9.84 Å². The number of carbonyl (C=O) groups excluding carboxylic acids is 1. The Morgan fingerprint density at radius 2 is 2.00 bits per heavy atom. The van der Waals surface area contributed by atoms with Crippen LogP contribution in [0.1, 0.15) is 5.56 Å². The molecule has 0 aliphatic heterocycles. The zero-order valence-corrected chi connectivity index (χ0v) is 17.0. The number of halogens is 2. The Labute approximate surface area is 173 Å². The average Bonchev–Trinajstić information content (AvgIpc) is 2.60. The van der Waals surface area contributed by atoms with Gasteiger partial charge in [0.15, 0.2) is 6.61 Å². The van der Waals surface area contributed by atoms with Crippen LogP contribution in [0.2, 0.25) is 5.02 Å². The van der Waals surface area contributed by atoms with Gasteiger partial charge in [0, 0.05) is 9.92 Å². The van der Waals surface area contributed by atoms with E-state index in [0.717, 1.165) is 14.0 Å². The minimum Gasteiger partial charge on any atom is -0.481 e. The number of hydrogen-bond donors (Lipinski definition) is 2. The summed E-state index contributed by atoms with van der Waals surface area (Å²) in [5.41, 5.74) is 3.21. The fourth-order valence-corrected chi connectivity index (χ4v) is 3.26. The summed E-state index contributed by atoms with van der Waals surface area (Å²) in [6, 6.07) is 12.4. The van der Waals surface area contributed by atoms with Crippen LogP contribution in [0.15, 0.2) is 52.5 Å². The summed E-state index contributed by atoms with van der Waals surface area (Å²) in [6.07, 6.45) is 1.51. The van der Waals surface area contributed by atoms with Crippen molar-refractivity contribution in [1.29, 1.82) is 0 Å². The molecule has 6 nitrogen and oxygen atoms in total. The summed E-state index contributed by atoms with van der Waals surface area (Å²) < 4.78 is 5.89. The summed E-state index contributed by atoms with van der Waals surface area (Å²) in [4.78, 5) is 23.3. The third kappa shape index (κ3) is 7.22. The summed E-state index contributed by atoms with van der Waals surface area (Å²) >= 11 is 9.24. The molecule has 9 heteroatoms. The molecule has 2 aromatic rings. The number of rotatable bonds is 8. The van der Waals surface area contributed by atoms with Crippen molar-refractivity contribution < 1.29 is 19.4 Å². The maximum atomic E-state index is 11.8. The number of hydrogen-bond acceptors (Lipinski definition) is 5. The molecule has 0 fully saturated rings. The molecule has 0 aliphatic carbocycles. The number of carbonyl (C=O) groups is 2. The van der Waals surface area contributed by atoms with E-state index >= 15 is 0 Å². The van der Waals surface area contributed by atoms with Gasteiger partial charge in [-0.05, 0) is 70.6 Å². The van der Waals surface area contributed by atoms with E-state index in [1.54, 1.807) is 30.3 Å². The summed E-state index contributed by atoms with van der Waals surface area (Å²) in [6.45, 7) is -0.398. The molecule has 1 amide bonds. The van der Waals surface area contributed by atoms with Gasteiger partial charge in [-0.1, -0.05) is 11.6 Å². The predicted octanol–water partition coefficient (Wildman–Crippen LogP) is 3.65. The van der Waals surface area contributed by atoms with Crippen LogP contribution in [-0.4, -0.2) is 35.6 Å². The van der Waals surface area contributed by atoms with Crippen LogP contribution in [0.3, 0.4) is 0 Å². The second-order valence-electron chi connectivity index (χ2n) is 4.91. The fourth-order valence-electron chi connectivity index (χ4n) is 1.74. The zero-order valence-electron chi connectivity index (χ0n) is 13.3. The second-order valence-corrected chi connectivity index (χ2v) is 7.56. The van der Waals surface area contributed by atoms with E-state index < -0.39 is 12.6 Å². The molecular weight excluding hydrogens is 491 g/mol. The first-order valence-electron chi connectivity index (χ1n) is 7.28. The number of benzene rings is 2. The first kappa shape index (κ1) is 20.5. The molecule has 0 radical (unpaired) electrons. The van der Waals surface area contributed by atoms with E-state index in [4.69, 9.17) is 21.4 Å². The lowest BCUT2D eigenvalue weighted by molar-refractivity contribution is -0.139. The molecular formula is C17H14ClIN2O4S. The summed E-state index contributed by atoms with van der Waals surface area (Å²) in [5, 5.41) is 13.2. The second kappa shape index (κ2) is 10.4. The quantitative estimate of drug-likeness (QED) is 0.248. The fraction of sp³-hybridized carbons (Fsp3) is 0.118. The SMILES string of the molecule is O=C(O)COc1ccc(/C=N\NC(=O)CSc2ccc(Cl)cc2)cc1I. The summed E-state index contributed by atoms with van der Waals surface area (Å²) in [7, 11) is 0. The van der Waals surface area contributed by atoms with Gasteiger partial charge in [0.25, 0.3) is 0 Å². The van der Waals surface area contributed by atoms with Crippen molar-refractivity contribution in [3.8, 4) is 5.75 Å². The van der Waals surface area contributed by atoms with Gasteiger partial charge in [0.1, 0.15) is 5.75 Å². The number of thioether (sulfide) groups is 1. The minimum absolute atomic E-state index is 0.225. The predicted molar refractivity (Wildman–Crippen MR) is 110 cm³/mol. The Hall–Kier alpha value is -1.78. The van der Waals surface area contributed by atoms with Gasteiger partial charge in [0.2, 0.25) is 5.91 Å². The summed E-state index contributed by atoms with van der Waals surface area (Å²) in [5.74, 6) is -0.546. The number of nitrogens with zero attached hydrogens (tertiary/aromatic N) is 1. The Kier molecular flexibility index (Phi) is 8.20. The molecule has 0 unspecified atom stereocenters. The van der Waals surface area contributed by atoms with Crippen LogP contribution in [0.4, 0.5) is 0 Å². The van der Waals surface area contributed by atoms with E-state index in [9.17, 15) is 9.59 Å². The van der Waals surface area contributed by atoms with Gasteiger partial charge in [-0.25, -0.2) is 10.2 Å². The molecule has 0 aliphatic rings. The lowest BCUT2D eigenvalue weighted by Gasteiger charge is -2.06. The van der Waals surface area contributed by atoms with Crippen LogP contribution < -0.4 is 10.2 Å². The van der Waals surface area contributed by atoms with E-state index in [1.807, 2.05) is 34.7 Å². The minimum atomic E-state index is -1.04. The van der Waals surface area contributed by atoms with Crippen molar-refractivity contribution in [2.24, 2.45) is 5.10 Å². The Balaban J connectivity index is 1.81. The molecule has 2 N–H and O–H groups in total. The zero-order chi connectivity index (χ0) is 18.9. The third-order valence-corrected chi connectivity index (χ3v) is 5.00. The van der Waals surface area contributed by atoms with Gasteiger partial charge in [-0.15, -0.1) is 11.8 Å². The monoisotopic (exact) mass is 504 g/mol. The van der Waals surface area contributed by atoms with Crippen molar-refractivity contribution >= 4 is 64.0 Å². The third-order valence-electron chi connectivity index (χ3n) is 2.89. The van der Waals surface area contributed by atoms with E-state index in [-0.39, 0.29) is 11.7 Å². The first-order chi connectivity index (χ1) is 12.4. The number of amides is 1. The Bertz CT molecular complexity index is 815. The molecule has 26 heavy (non-hydrogen) atoms. The van der Waals surface area contributed by atoms with Gasteiger partial charge in [-0.2, -0.15) is 5.10 Å². The number of carboxylic acids is 1. The maximum Gasteiger partial charge on any atom is 0.341 e. The molecule has 136 valence electrons. The molecule has 0 bridgehead atoms. The molecule has 0 aromatic heterocycles. The van der Waals surface area contributed by atoms with Gasteiger partial charge in [-0.3, -0.25) is 4.79 Å². The number of ether oxygens (including phenoxy) is 1. The van der Waals surface area contributed by atoms with Crippen LogP contribution in [0.25, 0.3) is 0 Å². The molecule has 2 rings (SSSR count). The van der Waals surface area contributed by atoms with Crippen molar-refractivity contribution in [3.63, 3.8) is 0 Å². The van der Waals surface area contributed by atoms with Gasteiger partial charge >= 0.3 is 5.97 Å². The van der Waals surface area contributed by atoms with Crippen molar-refractivity contribution in [1.82, 2.24) is 5.43 Å².